The largest absolute Gasteiger partial charge is 0.508 e. The van der Waals surface area contributed by atoms with Gasteiger partial charge in [-0.25, -0.2) is 0 Å². The summed E-state index contributed by atoms with van der Waals surface area (Å²) in [5.41, 5.74) is 2.32. The smallest absolute Gasteiger partial charge is 0.118 e. The lowest BCUT2D eigenvalue weighted by molar-refractivity contribution is 0.237. The van der Waals surface area contributed by atoms with Gasteiger partial charge in [0.2, 0.25) is 0 Å². The molecule has 1 aliphatic heterocycles. The van der Waals surface area contributed by atoms with Crippen LogP contribution in [-0.4, -0.2) is 42.7 Å². The number of rotatable bonds is 5. The monoisotopic (exact) mass is 248 g/mol. The predicted molar refractivity (Wildman–Crippen MR) is 75.1 cm³/mol. The minimum Gasteiger partial charge on any atom is -0.508 e. The van der Waals surface area contributed by atoms with Crippen molar-refractivity contribution in [1.82, 2.24) is 10.2 Å². The SMILES string of the molecule is Cc1cc(CCCCN2CCNCC2)ccc1O. The Hall–Kier alpha value is -1.06. The average Bonchev–Trinajstić information content (AvgIpc) is 2.40. The molecule has 0 spiro atoms. The lowest BCUT2D eigenvalue weighted by atomic mass is 10.0. The molecule has 100 valence electrons. The molecule has 0 aromatic heterocycles. The van der Waals surface area contributed by atoms with Gasteiger partial charge in [-0.3, -0.25) is 0 Å². The van der Waals surface area contributed by atoms with Gasteiger partial charge in [0, 0.05) is 26.2 Å². The van der Waals surface area contributed by atoms with Gasteiger partial charge in [0.25, 0.3) is 0 Å². The van der Waals surface area contributed by atoms with Gasteiger partial charge in [0.1, 0.15) is 5.75 Å². The molecular weight excluding hydrogens is 224 g/mol. The molecule has 3 heteroatoms. The highest BCUT2D eigenvalue weighted by atomic mass is 16.3. The molecule has 1 fully saturated rings. The molecule has 0 amide bonds. The summed E-state index contributed by atoms with van der Waals surface area (Å²) in [6.45, 7) is 7.84. The van der Waals surface area contributed by atoms with Crippen molar-refractivity contribution < 1.29 is 5.11 Å². The van der Waals surface area contributed by atoms with Gasteiger partial charge in [0.05, 0.1) is 0 Å². The number of phenols is 1. The molecule has 0 atom stereocenters. The molecule has 2 N–H and O–H groups in total. The maximum Gasteiger partial charge on any atom is 0.118 e. The van der Waals surface area contributed by atoms with Crippen molar-refractivity contribution in [1.29, 1.82) is 0 Å². The van der Waals surface area contributed by atoms with Crippen LogP contribution in [0.4, 0.5) is 0 Å². The van der Waals surface area contributed by atoms with E-state index < -0.39 is 0 Å². The van der Waals surface area contributed by atoms with Crippen LogP contribution in [0.15, 0.2) is 18.2 Å². The van der Waals surface area contributed by atoms with Crippen LogP contribution in [0, 0.1) is 6.92 Å². The lowest BCUT2D eigenvalue weighted by Gasteiger charge is -2.27. The highest BCUT2D eigenvalue weighted by molar-refractivity contribution is 5.34. The summed E-state index contributed by atoms with van der Waals surface area (Å²) in [5, 5.41) is 12.9. The van der Waals surface area contributed by atoms with E-state index in [4.69, 9.17) is 0 Å². The molecule has 1 saturated heterocycles. The summed E-state index contributed by atoms with van der Waals surface area (Å²) in [4.78, 5) is 2.54. The zero-order valence-corrected chi connectivity index (χ0v) is 11.3. The molecule has 0 saturated carbocycles. The molecule has 1 aliphatic rings. The fourth-order valence-electron chi connectivity index (χ4n) is 2.47. The van der Waals surface area contributed by atoms with E-state index in [9.17, 15) is 5.11 Å². The Labute approximate surface area is 110 Å². The first-order valence-electron chi connectivity index (χ1n) is 6.97. The van der Waals surface area contributed by atoms with E-state index in [0.717, 1.165) is 25.1 Å². The first kappa shape index (κ1) is 13.4. The summed E-state index contributed by atoms with van der Waals surface area (Å²) in [6.07, 6.45) is 3.61. The molecule has 0 radical (unpaired) electrons. The van der Waals surface area contributed by atoms with Gasteiger partial charge in [-0.15, -0.1) is 0 Å². The van der Waals surface area contributed by atoms with E-state index in [0.29, 0.717) is 5.75 Å². The number of phenolic OH excluding ortho intramolecular Hbond substituents is 1. The number of benzene rings is 1. The zero-order chi connectivity index (χ0) is 12.8. The summed E-state index contributed by atoms with van der Waals surface area (Å²) in [6, 6.07) is 5.94. The van der Waals surface area contributed by atoms with E-state index in [1.54, 1.807) is 6.07 Å². The van der Waals surface area contributed by atoms with Crippen LogP contribution in [0.5, 0.6) is 5.75 Å². The zero-order valence-electron chi connectivity index (χ0n) is 11.3. The molecule has 1 heterocycles. The number of hydrogen-bond donors (Lipinski definition) is 2. The Morgan fingerprint density at radius 2 is 2.00 bits per heavy atom. The predicted octanol–water partition coefficient (Wildman–Crippen LogP) is 1.93. The lowest BCUT2D eigenvalue weighted by Crippen LogP contribution is -2.43. The van der Waals surface area contributed by atoms with Crippen LogP contribution in [0.2, 0.25) is 0 Å². The molecule has 1 aromatic rings. The van der Waals surface area contributed by atoms with E-state index in [-0.39, 0.29) is 0 Å². The average molecular weight is 248 g/mol. The van der Waals surface area contributed by atoms with Crippen molar-refractivity contribution in [3.63, 3.8) is 0 Å². The van der Waals surface area contributed by atoms with Gasteiger partial charge in [0.15, 0.2) is 0 Å². The van der Waals surface area contributed by atoms with Gasteiger partial charge in [-0.1, -0.05) is 12.1 Å². The summed E-state index contributed by atoms with van der Waals surface area (Å²) >= 11 is 0. The normalized spacial score (nSPS) is 16.9. The number of unbranched alkanes of at least 4 members (excludes halogenated alkanes) is 1. The molecular formula is C15H24N2O. The minimum atomic E-state index is 0.402. The number of aryl methyl sites for hydroxylation is 2. The van der Waals surface area contributed by atoms with Crippen molar-refractivity contribution in [3.05, 3.63) is 29.3 Å². The third-order valence-electron chi connectivity index (χ3n) is 3.66. The van der Waals surface area contributed by atoms with Crippen LogP contribution >= 0.6 is 0 Å². The van der Waals surface area contributed by atoms with Crippen LogP contribution < -0.4 is 5.32 Å². The van der Waals surface area contributed by atoms with Gasteiger partial charge >= 0.3 is 0 Å². The highest BCUT2D eigenvalue weighted by Gasteiger charge is 2.08. The van der Waals surface area contributed by atoms with Crippen LogP contribution in [-0.2, 0) is 6.42 Å². The van der Waals surface area contributed by atoms with Crippen molar-refractivity contribution in [2.24, 2.45) is 0 Å². The van der Waals surface area contributed by atoms with E-state index >= 15 is 0 Å². The molecule has 2 rings (SSSR count). The Balaban J connectivity index is 1.66. The number of nitrogens with one attached hydrogen (secondary N) is 1. The van der Waals surface area contributed by atoms with Crippen LogP contribution in [0.25, 0.3) is 0 Å². The maximum absolute atomic E-state index is 9.47. The second-order valence-electron chi connectivity index (χ2n) is 5.17. The molecule has 3 nitrogen and oxygen atoms in total. The van der Waals surface area contributed by atoms with Crippen LogP contribution in [0.3, 0.4) is 0 Å². The number of piperazine rings is 1. The Morgan fingerprint density at radius 3 is 2.72 bits per heavy atom. The first-order valence-corrected chi connectivity index (χ1v) is 6.97. The Morgan fingerprint density at radius 1 is 1.22 bits per heavy atom. The highest BCUT2D eigenvalue weighted by Crippen LogP contribution is 2.18. The third kappa shape index (κ3) is 4.00. The van der Waals surface area contributed by atoms with Crippen molar-refractivity contribution in [2.75, 3.05) is 32.7 Å². The molecule has 18 heavy (non-hydrogen) atoms. The third-order valence-corrected chi connectivity index (χ3v) is 3.66. The molecule has 0 unspecified atom stereocenters. The van der Waals surface area contributed by atoms with Crippen molar-refractivity contribution in [2.45, 2.75) is 26.2 Å². The number of hydrogen-bond acceptors (Lipinski definition) is 3. The van der Waals surface area contributed by atoms with Crippen molar-refractivity contribution in [3.8, 4) is 5.75 Å². The van der Waals surface area contributed by atoms with E-state index in [1.807, 2.05) is 13.0 Å². The second-order valence-corrected chi connectivity index (χ2v) is 5.17. The van der Waals surface area contributed by atoms with Gasteiger partial charge in [-0.2, -0.15) is 0 Å². The van der Waals surface area contributed by atoms with Crippen LogP contribution in [0.1, 0.15) is 24.0 Å². The van der Waals surface area contributed by atoms with Crippen molar-refractivity contribution >= 4 is 0 Å². The molecule has 0 bridgehead atoms. The minimum absolute atomic E-state index is 0.402. The maximum atomic E-state index is 9.47. The Bertz CT molecular complexity index is 373. The summed E-state index contributed by atoms with van der Waals surface area (Å²) in [7, 11) is 0. The standard InChI is InChI=1S/C15H24N2O/c1-13-12-14(5-6-15(13)18)4-2-3-9-17-10-7-16-8-11-17/h5-6,12,16,18H,2-4,7-11H2,1H3. The fraction of sp³-hybridized carbons (Fsp3) is 0.600. The Kier molecular flexibility index (Phi) is 5.02. The van der Waals surface area contributed by atoms with E-state index in [1.165, 1.54) is 38.0 Å². The molecule has 1 aromatic carbocycles. The number of nitrogens with zero attached hydrogens (tertiary/aromatic N) is 1. The quantitative estimate of drug-likeness (QED) is 0.782. The summed E-state index contributed by atoms with van der Waals surface area (Å²) in [5.74, 6) is 0.402. The topological polar surface area (TPSA) is 35.5 Å². The summed E-state index contributed by atoms with van der Waals surface area (Å²) < 4.78 is 0. The van der Waals surface area contributed by atoms with Gasteiger partial charge < -0.3 is 15.3 Å². The second kappa shape index (κ2) is 6.76. The molecule has 0 aliphatic carbocycles. The number of aromatic hydroxyl groups is 1. The first-order chi connectivity index (χ1) is 8.75. The van der Waals surface area contributed by atoms with E-state index in [2.05, 4.69) is 16.3 Å². The fourth-order valence-corrected chi connectivity index (χ4v) is 2.47. The van der Waals surface area contributed by atoms with Gasteiger partial charge in [-0.05, 0) is 49.9 Å².